The Morgan fingerprint density at radius 2 is 1.73 bits per heavy atom. The fourth-order valence-corrected chi connectivity index (χ4v) is 4.75. The number of nitrogens with zero attached hydrogens (tertiary/aromatic N) is 3. The van der Waals surface area contributed by atoms with Crippen LogP contribution in [0.4, 0.5) is 5.69 Å². The molecule has 0 spiro atoms. The van der Waals surface area contributed by atoms with Crippen LogP contribution in [0.2, 0.25) is 5.02 Å². The minimum atomic E-state index is -0.120. The average Bonchev–Trinajstić information content (AvgIpc) is 3.45. The largest absolute Gasteiger partial charge is 0.494 e. The third-order valence-electron chi connectivity index (χ3n) is 5.71. The Morgan fingerprint density at radius 3 is 2.42 bits per heavy atom. The van der Waals surface area contributed by atoms with Gasteiger partial charge in [-0.25, -0.2) is 0 Å². The van der Waals surface area contributed by atoms with Crippen LogP contribution in [-0.4, -0.2) is 21.3 Å². The second-order valence-corrected chi connectivity index (χ2v) is 8.53. The molecule has 1 saturated heterocycles. The highest BCUT2D eigenvalue weighted by molar-refractivity contribution is 7.80. The van der Waals surface area contributed by atoms with Gasteiger partial charge in [0, 0.05) is 34.5 Å². The van der Waals surface area contributed by atoms with Gasteiger partial charge in [0.05, 0.1) is 18.3 Å². The highest BCUT2D eigenvalue weighted by Crippen LogP contribution is 2.42. The Labute approximate surface area is 203 Å². The summed E-state index contributed by atoms with van der Waals surface area (Å²) in [5.74, 6) is 0.854. The van der Waals surface area contributed by atoms with Crippen molar-refractivity contribution < 1.29 is 4.74 Å². The van der Waals surface area contributed by atoms with E-state index in [0.717, 1.165) is 28.5 Å². The van der Waals surface area contributed by atoms with Crippen LogP contribution in [0.3, 0.4) is 0 Å². The summed E-state index contributed by atoms with van der Waals surface area (Å²) >= 11 is 12.0. The average molecular weight is 475 g/mol. The monoisotopic (exact) mass is 474 g/mol. The Hall–Kier alpha value is -3.35. The van der Waals surface area contributed by atoms with E-state index in [1.54, 1.807) is 0 Å². The number of hydrogen-bond donors (Lipinski definition) is 1. The van der Waals surface area contributed by atoms with Gasteiger partial charge in [-0.05, 0) is 91.9 Å². The number of halogens is 1. The molecule has 5 rings (SSSR count). The van der Waals surface area contributed by atoms with Gasteiger partial charge in [0.1, 0.15) is 11.8 Å². The van der Waals surface area contributed by atoms with Crippen LogP contribution in [0.25, 0.3) is 5.69 Å². The normalized spacial score (nSPS) is 17.8. The molecule has 1 aliphatic rings. The fourth-order valence-electron chi connectivity index (χ4n) is 4.28. The molecule has 2 atom stereocenters. The number of thiocarbonyl (C=S) groups is 1. The lowest BCUT2D eigenvalue weighted by Gasteiger charge is -2.29. The highest BCUT2D eigenvalue weighted by Gasteiger charge is 2.42. The zero-order chi connectivity index (χ0) is 22.8. The summed E-state index contributed by atoms with van der Waals surface area (Å²) in [4.78, 5) is 6.78. The molecule has 0 aliphatic carbocycles. The van der Waals surface area contributed by atoms with Gasteiger partial charge in [-0.15, -0.1) is 0 Å². The maximum Gasteiger partial charge on any atom is 0.174 e. The van der Waals surface area contributed by atoms with Crippen molar-refractivity contribution in [3.8, 4) is 11.4 Å². The van der Waals surface area contributed by atoms with E-state index in [9.17, 15) is 0 Å². The third kappa shape index (κ3) is 4.19. The molecular formula is C26H23ClN4OS. The zero-order valence-corrected chi connectivity index (χ0v) is 19.6. The summed E-state index contributed by atoms with van der Waals surface area (Å²) in [7, 11) is 0. The Balaban J connectivity index is 1.61. The smallest absolute Gasteiger partial charge is 0.174 e. The van der Waals surface area contributed by atoms with E-state index in [1.165, 1.54) is 0 Å². The van der Waals surface area contributed by atoms with Crippen LogP contribution in [-0.2, 0) is 0 Å². The van der Waals surface area contributed by atoms with Gasteiger partial charge in [-0.1, -0.05) is 17.7 Å². The topological polar surface area (TPSA) is 42.3 Å². The van der Waals surface area contributed by atoms with Crippen LogP contribution in [0.5, 0.6) is 5.75 Å². The zero-order valence-electron chi connectivity index (χ0n) is 18.1. The van der Waals surface area contributed by atoms with Crippen molar-refractivity contribution in [1.82, 2.24) is 14.9 Å². The van der Waals surface area contributed by atoms with Gasteiger partial charge < -0.3 is 19.5 Å². The number of pyridine rings is 1. The van der Waals surface area contributed by atoms with E-state index < -0.39 is 0 Å². The van der Waals surface area contributed by atoms with Crippen LogP contribution >= 0.6 is 23.8 Å². The molecule has 5 nitrogen and oxygen atoms in total. The molecule has 4 aromatic rings. The number of nitrogens with one attached hydrogen (secondary N) is 1. The number of anilines is 1. The fraction of sp³-hybridized carbons (Fsp3) is 0.154. The Bertz CT molecular complexity index is 1240. The number of ether oxygens (including phenoxy) is 1. The molecule has 33 heavy (non-hydrogen) atoms. The first-order valence-corrected chi connectivity index (χ1v) is 11.6. The lowest BCUT2D eigenvalue weighted by Crippen LogP contribution is -2.30. The van der Waals surface area contributed by atoms with E-state index in [1.807, 2.05) is 67.7 Å². The minimum Gasteiger partial charge on any atom is -0.494 e. The van der Waals surface area contributed by atoms with E-state index in [0.29, 0.717) is 16.7 Å². The van der Waals surface area contributed by atoms with Gasteiger partial charge in [-0.3, -0.25) is 4.98 Å². The molecule has 0 saturated carbocycles. The molecule has 2 aromatic carbocycles. The third-order valence-corrected chi connectivity index (χ3v) is 6.28. The summed E-state index contributed by atoms with van der Waals surface area (Å²) in [5, 5.41) is 4.84. The number of benzene rings is 2. The van der Waals surface area contributed by atoms with E-state index >= 15 is 0 Å². The van der Waals surface area contributed by atoms with Gasteiger partial charge in [0.15, 0.2) is 5.11 Å². The molecular weight excluding hydrogens is 452 g/mol. The first kappa shape index (κ1) is 21.5. The summed E-state index contributed by atoms with van der Waals surface area (Å²) in [6, 6.07) is 25.8. The maximum atomic E-state index is 6.16. The second-order valence-electron chi connectivity index (χ2n) is 7.70. The van der Waals surface area contributed by atoms with Crippen molar-refractivity contribution in [2.75, 3.05) is 11.5 Å². The van der Waals surface area contributed by atoms with Gasteiger partial charge in [0.25, 0.3) is 0 Å². The second kappa shape index (κ2) is 9.25. The highest BCUT2D eigenvalue weighted by atomic mass is 35.5. The Kier molecular flexibility index (Phi) is 6.03. The SMILES string of the molecule is CCOc1ccc(-n2cccc2[C@H]2[C@@H](c3ccccn3)NC(=S)N2c2ccc(Cl)cc2)cc1. The molecule has 0 amide bonds. The van der Waals surface area contributed by atoms with E-state index in [2.05, 4.69) is 50.2 Å². The van der Waals surface area contributed by atoms with Crippen LogP contribution in [0.15, 0.2) is 91.3 Å². The van der Waals surface area contributed by atoms with E-state index in [-0.39, 0.29) is 12.1 Å². The predicted octanol–water partition coefficient (Wildman–Crippen LogP) is 6.10. The van der Waals surface area contributed by atoms with Crippen molar-refractivity contribution in [3.63, 3.8) is 0 Å². The maximum absolute atomic E-state index is 6.16. The number of hydrogen-bond acceptors (Lipinski definition) is 3. The van der Waals surface area contributed by atoms with Gasteiger partial charge in [0.2, 0.25) is 0 Å². The standard InChI is InChI=1S/C26H23ClN4OS/c1-2-32-21-14-12-19(13-15-21)30-17-5-7-23(30)25-24(22-6-3-4-16-28-22)29-26(33)31(25)20-10-8-18(27)9-11-20/h3-17,24-25H,2H2,1H3,(H,29,33)/t24-,25+/m1/s1. The lowest BCUT2D eigenvalue weighted by atomic mass is 10.0. The molecule has 1 aliphatic heterocycles. The summed E-state index contributed by atoms with van der Waals surface area (Å²) in [6.07, 6.45) is 3.88. The van der Waals surface area contributed by atoms with Crippen LogP contribution in [0, 0.1) is 0 Å². The van der Waals surface area contributed by atoms with E-state index in [4.69, 9.17) is 28.6 Å². The Morgan fingerprint density at radius 1 is 0.970 bits per heavy atom. The summed E-state index contributed by atoms with van der Waals surface area (Å²) in [6.45, 7) is 2.62. The molecule has 0 unspecified atom stereocenters. The molecule has 166 valence electrons. The first-order valence-electron chi connectivity index (χ1n) is 10.8. The molecule has 3 heterocycles. The molecule has 1 fully saturated rings. The van der Waals surface area contributed by atoms with Crippen molar-refractivity contribution in [1.29, 1.82) is 0 Å². The van der Waals surface area contributed by atoms with Crippen LogP contribution in [0.1, 0.15) is 30.4 Å². The molecule has 7 heteroatoms. The van der Waals surface area contributed by atoms with Crippen LogP contribution < -0.4 is 15.0 Å². The molecule has 0 bridgehead atoms. The summed E-state index contributed by atoms with van der Waals surface area (Å²) < 4.78 is 7.81. The predicted molar refractivity (Wildman–Crippen MR) is 136 cm³/mol. The van der Waals surface area contributed by atoms with Gasteiger partial charge >= 0.3 is 0 Å². The number of aromatic nitrogens is 2. The van der Waals surface area contributed by atoms with Crippen molar-refractivity contribution in [3.05, 3.63) is 108 Å². The molecule has 0 radical (unpaired) electrons. The van der Waals surface area contributed by atoms with Gasteiger partial charge in [-0.2, -0.15) is 0 Å². The van der Waals surface area contributed by atoms with Crippen molar-refractivity contribution >= 4 is 34.6 Å². The minimum absolute atomic E-state index is 0.116. The molecule has 1 N–H and O–H groups in total. The quantitative estimate of drug-likeness (QED) is 0.342. The first-order chi connectivity index (χ1) is 16.2. The molecule has 2 aromatic heterocycles. The van der Waals surface area contributed by atoms with Crippen molar-refractivity contribution in [2.45, 2.75) is 19.0 Å². The van der Waals surface area contributed by atoms with Crippen molar-refractivity contribution in [2.24, 2.45) is 0 Å². The lowest BCUT2D eigenvalue weighted by molar-refractivity contribution is 0.340. The number of rotatable bonds is 6. The summed E-state index contributed by atoms with van der Waals surface area (Å²) in [5.41, 5.74) is 4.05.